The van der Waals surface area contributed by atoms with E-state index in [0.717, 1.165) is 0 Å². The summed E-state index contributed by atoms with van der Waals surface area (Å²) in [6, 6.07) is 0. The predicted octanol–water partition coefficient (Wildman–Crippen LogP) is 1.13. The lowest BCUT2D eigenvalue weighted by Crippen LogP contribution is -1.90. The van der Waals surface area contributed by atoms with E-state index in [-0.39, 0.29) is 6.61 Å². The van der Waals surface area contributed by atoms with Gasteiger partial charge in [-0.1, -0.05) is 24.3 Å². The highest BCUT2D eigenvalue weighted by molar-refractivity contribution is 4.81. The summed E-state index contributed by atoms with van der Waals surface area (Å²) in [5, 5.41) is 8.31. The van der Waals surface area contributed by atoms with Crippen molar-refractivity contribution in [2.45, 2.75) is 6.92 Å². The second-order valence-corrected chi connectivity index (χ2v) is 1.76. The van der Waals surface area contributed by atoms with Crippen molar-refractivity contribution < 1.29 is 9.84 Å². The number of aliphatic hydroxyl groups excluding tert-OH is 1. The van der Waals surface area contributed by atoms with Gasteiger partial charge in [0.1, 0.15) is 0 Å². The third-order valence-electron chi connectivity index (χ3n) is 0.936. The Kier molecular flexibility index (Phi) is 7.90. The smallest absolute Gasteiger partial charge is 0.0652 e. The van der Waals surface area contributed by atoms with Gasteiger partial charge in [0, 0.05) is 0 Å². The molecule has 0 amide bonds. The number of hydrogen-bond donors (Lipinski definition) is 1. The van der Waals surface area contributed by atoms with Gasteiger partial charge < -0.3 is 9.84 Å². The molecule has 1 N–H and O–H groups in total. The molecule has 2 heteroatoms. The highest BCUT2D eigenvalue weighted by atomic mass is 16.5. The van der Waals surface area contributed by atoms with E-state index in [1.54, 1.807) is 12.2 Å². The fourth-order valence-electron chi connectivity index (χ4n) is 0.443. The maximum absolute atomic E-state index is 8.31. The van der Waals surface area contributed by atoms with E-state index >= 15 is 0 Å². The molecule has 0 aliphatic carbocycles. The van der Waals surface area contributed by atoms with Gasteiger partial charge in [-0.2, -0.15) is 0 Å². The van der Waals surface area contributed by atoms with Crippen LogP contribution in [0.25, 0.3) is 0 Å². The molecule has 0 atom stereocenters. The molecular formula is C8H14O2. The summed E-state index contributed by atoms with van der Waals surface area (Å²) in [4.78, 5) is 0. The van der Waals surface area contributed by atoms with Crippen LogP contribution in [0.3, 0.4) is 0 Å². The maximum atomic E-state index is 8.31. The summed E-state index contributed by atoms with van der Waals surface area (Å²) >= 11 is 0. The second-order valence-electron chi connectivity index (χ2n) is 1.76. The van der Waals surface area contributed by atoms with Gasteiger partial charge in [-0.3, -0.25) is 0 Å². The zero-order chi connectivity index (χ0) is 7.66. The average molecular weight is 142 g/mol. The van der Waals surface area contributed by atoms with E-state index in [4.69, 9.17) is 9.84 Å². The van der Waals surface area contributed by atoms with Crippen LogP contribution in [0.4, 0.5) is 0 Å². The molecule has 0 radical (unpaired) electrons. The third kappa shape index (κ3) is 7.40. The first kappa shape index (κ1) is 9.40. The van der Waals surface area contributed by atoms with Crippen LogP contribution in [0, 0.1) is 0 Å². The molecule has 58 valence electrons. The minimum atomic E-state index is 0.0903. The molecule has 0 spiro atoms. The number of allylic oxidation sites excluding steroid dienone is 1. The predicted molar refractivity (Wildman–Crippen MR) is 41.9 cm³/mol. The van der Waals surface area contributed by atoms with E-state index in [1.807, 2.05) is 19.1 Å². The van der Waals surface area contributed by atoms with Crippen LogP contribution in [0.5, 0.6) is 0 Å². The molecule has 0 saturated carbocycles. The fraction of sp³-hybridized carbons (Fsp3) is 0.500. The van der Waals surface area contributed by atoms with Crippen LogP contribution in [-0.2, 0) is 4.74 Å². The molecule has 0 rings (SSSR count). The van der Waals surface area contributed by atoms with Crippen LogP contribution >= 0.6 is 0 Å². The minimum absolute atomic E-state index is 0.0903. The van der Waals surface area contributed by atoms with Crippen molar-refractivity contribution in [1.29, 1.82) is 0 Å². The van der Waals surface area contributed by atoms with E-state index < -0.39 is 0 Å². The van der Waals surface area contributed by atoms with Crippen LogP contribution in [0.1, 0.15) is 6.92 Å². The van der Waals surface area contributed by atoms with Crippen molar-refractivity contribution in [3.05, 3.63) is 24.3 Å². The first-order valence-corrected chi connectivity index (χ1v) is 3.36. The van der Waals surface area contributed by atoms with Gasteiger partial charge in [-0.15, -0.1) is 0 Å². The minimum Gasteiger partial charge on any atom is -0.392 e. The van der Waals surface area contributed by atoms with E-state index in [9.17, 15) is 0 Å². The quantitative estimate of drug-likeness (QED) is 0.460. The molecule has 0 aromatic carbocycles. The monoisotopic (exact) mass is 142 g/mol. The van der Waals surface area contributed by atoms with Crippen molar-refractivity contribution in [3.8, 4) is 0 Å². The van der Waals surface area contributed by atoms with Crippen molar-refractivity contribution >= 4 is 0 Å². The Bertz CT molecular complexity index is 106. The molecule has 0 saturated heterocycles. The molecule has 0 unspecified atom stereocenters. The number of ether oxygens (including phenoxy) is 1. The Hall–Kier alpha value is -0.600. The maximum Gasteiger partial charge on any atom is 0.0652 e. The summed E-state index contributed by atoms with van der Waals surface area (Å²) in [6.07, 6.45) is 7.34. The zero-order valence-corrected chi connectivity index (χ0v) is 6.29. The topological polar surface area (TPSA) is 29.5 Å². The molecule has 0 aromatic heterocycles. The van der Waals surface area contributed by atoms with Gasteiger partial charge >= 0.3 is 0 Å². The summed E-state index contributed by atoms with van der Waals surface area (Å²) in [5.41, 5.74) is 0. The van der Waals surface area contributed by atoms with Crippen molar-refractivity contribution in [2.24, 2.45) is 0 Å². The standard InChI is InChI=1S/C8H14O2/c1-2-3-7-10-8-5-4-6-9/h2-5,9H,6-8H2,1H3. The summed E-state index contributed by atoms with van der Waals surface area (Å²) < 4.78 is 5.09. The van der Waals surface area contributed by atoms with Crippen molar-refractivity contribution in [3.63, 3.8) is 0 Å². The zero-order valence-electron chi connectivity index (χ0n) is 6.29. The van der Waals surface area contributed by atoms with Gasteiger partial charge in [0.25, 0.3) is 0 Å². The lowest BCUT2D eigenvalue weighted by Gasteiger charge is -1.92. The molecule has 0 aromatic rings. The summed E-state index contributed by atoms with van der Waals surface area (Å²) in [5.74, 6) is 0. The van der Waals surface area contributed by atoms with Crippen LogP contribution in [-0.4, -0.2) is 24.9 Å². The molecule has 0 bridgehead atoms. The Balaban J connectivity index is 2.97. The molecule has 2 nitrogen and oxygen atoms in total. The van der Waals surface area contributed by atoms with Crippen LogP contribution < -0.4 is 0 Å². The molecule has 0 aliphatic rings. The van der Waals surface area contributed by atoms with E-state index in [0.29, 0.717) is 13.2 Å². The lowest BCUT2D eigenvalue weighted by atomic mass is 10.5. The van der Waals surface area contributed by atoms with Crippen LogP contribution in [0.15, 0.2) is 24.3 Å². The Morgan fingerprint density at radius 3 is 2.50 bits per heavy atom. The SMILES string of the molecule is CC=CCOCC=CCO. The Morgan fingerprint density at radius 2 is 1.90 bits per heavy atom. The summed E-state index contributed by atoms with van der Waals surface area (Å²) in [6.45, 7) is 3.26. The van der Waals surface area contributed by atoms with Gasteiger partial charge in [0.15, 0.2) is 0 Å². The summed E-state index contributed by atoms with van der Waals surface area (Å²) in [7, 11) is 0. The van der Waals surface area contributed by atoms with E-state index in [1.165, 1.54) is 0 Å². The van der Waals surface area contributed by atoms with Crippen LogP contribution in [0.2, 0.25) is 0 Å². The molecule has 10 heavy (non-hydrogen) atoms. The first-order chi connectivity index (χ1) is 4.91. The van der Waals surface area contributed by atoms with Gasteiger partial charge in [0.2, 0.25) is 0 Å². The number of aliphatic hydroxyl groups is 1. The molecule has 0 fully saturated rings. The van der Waals surface area contributed by atoms with Crippen molar-refractivity contribution in [2.75, 3.05) is 19.8 Å². The molecule has 0 heterocycles. The number of hydrogen-bond acceptors (Lipinski definition) is 2. The van der Waals surface area contributed by atoms with Gasteiger partial charge in [0.05, 0.1) is 19.8 Å². The number of rotatable bonds is 5. The lowest BCUT2D eigenvalue weighted by molar-refractivity contribution is 0.193. The highest BCUT2D eigenvalue weighted by Crippen LogP contribution is 1.78. The van der Waals surface area contributed by atoms with Gasteiger partial charge in [-0.25, -0.2) is 0 Å². The van der Waals surface area contributed by atoms with Gasteiger partial charge in [-0.05, 0) is 6.92 Å². The fourth-order valence-corrected chi connectivity index (χ4v) is 0.443. The first-order valence-electron chi connectivity index (χ1n) is 3.36. The normalized spacial score (nSPS) is 11.8. The Morgan fingerprint density at radius 1 is 1.20 bits per heavy atom. The Labute approximate surface area is 61.8 Å². The highest BCUT2D eigenvalue weighted by Gasteiger charge is 1.75. The third-order valence-corrected chi connectivity index (χ3v) is 0.936. The second kappa shape index (κ2) is 8.40. The largest absolute Gasteiger partial charge is 0.392 e. The average Bonchev–Trinajstić information content (AvgIpc) is 1.97. The molecular weight excluding hydrogens is 128 g/mol. The van der Waals surface area contributed by atoms with E-state index in [2.05, 4.69) is 0 Å². The van der Waals surface area contributed by atoms with Crippen molar-refractivity contribution in [1.82, 2.24) is 0 Å². The molecule has 0 aliphatic heterocycles.